The monoisotopic (exact) mass is 1220 g/mol. The molecule has 0 bridgehead atoms. The number of carboxylic acids is 1. The van der Waals surface area contributed by atoms with Gasteiger partial charge >= 0.3 is 17.9 Å². The van der Waals surface area contributed by atoms with Crippen LogP contribution in [-0.2, 0) is 33.3 Å². The van der Waals surface area contributed by atoms with Crippen molar-refractivity contribution in [3.63, 3.8) is 0 Å². The standard InChI is InChI=1S/C78H139NO8/c1-6-8-10-12-14-16-18-20-22-24-26-28-30-32-34-36-37-38-39-41-43-45-47-49-51-53-55-57-59-61-63-65-67-69-76(81)87-74(73-86-78(77(82)83)84-71-70-79(3,4)5)72-85-75(80)68-66-64-62-60-58-56-54-52-50-48-46-44-42-40-35-33-31-29-27-25-23-21-19-17-15-13-11-9-7-2/h8,10,14,16,19-22,25-28,31,33,74,78H,6-7,9,11-13,15,17-18,23-24,29-30,32,34-73H2,1-5H3/p+1/b10-8-,16-14-,21-19-,22-20-,27-25-,28-26-,33-31-. The molecule has 0 rings (SSSR count). The minimum absolute atomic E-state index is 0.181. The van der Waals surface area contributed by atoms with Gasteiger partial charge in [0.05, 0.1) is 34.4 Å². The highest BCUT2D eigenvalue weighted by Crippen LogP contribution is 2.18. The van der Waals surface area contributed by atoms with E-state index in [9.17, 15) is 19.5 Å². The third-order valence-electron chi connectivity index (χ3n) is 16.1. The SMILES string of the molecule is CC/C=C\C/C=C\C/C=C\C/C=C\CCCCCCCCCCCCCCCCCCCCCCC(=O)OC(COC(=O)CCCCCCCCCCCCCCCC/C=C\C/C=C\C/C=C\CCCCCCC)COC(OCC[N+](C)(C)C)C(=O)O. The second-order valence-electron chi connectivity index (χ2n) is 25.9. The van der Waals surface area contributed by atoms with E-state index in [2.05, 4.69) is 98.9 Å². The number of carbonyl (C=O) groups excluding carboxylic acids is 2. The molecule has 0 radical (unpaired) electrons. The van der Waals surface area contributed by atoms with Crippen molar-refractivity contribution in [1.82, 2.24) is 0 Å². The van der Waals surface area contributed by atoms with Crippen LogP contribution in [-0.4, -0.2) is 87.4 Å². The predicted molar refractivity (Wildman–Crippen MR) is 373 cm³/mol. The van der Waals surface area contributed by atoms with Gasteiger partial charge in [-0.2, -0.15) is 0 Å². The summed E-state index contributed by atoms with van der Waals surface area (Å²) < 4.78 is 23.0. The number of likely N-dealkylation sites (N-methyl/N-ethyl adjacent to an activating group) is 1. The molecule has 0 spiro atoms. The molecule has 504 valence electrons. The Labute approximate surface area is 538 Å². The molecular weight excluding hydrogens is 1080 g/mol. The van der Waals surface area contributed by atoms with Gasteiger partial charge in [0.25, 0.3) is 6.29 Å². The van der Waals surface area contributed by atoms with Gasteiger partial charge in [-0.1, -0.05) is 317 Å². The molecule has 87 heavy (non-hydrogen) atoms. The fraction of sp³-hybridized carbons (Fsp3) is 0.782. The summed E-state index contributed by atoms with van der Waals surface area (Å²) in [6, 6.07) is 0. The van der Waals surface area contributed by atoms with E-state index < -0.39 is 18.4 Å². The third-order valence-corrected chi connectivity index (χ3v) is 16.1. The Morgan fingerprint density at radius 2 is 0.655 bits per heavy atom. The molecule has 0 aromatic heterocycles. The molecule has 0 amide bonds. The number of unbranched alkanes of at least 4 members (excludes halogenated alkanes) is 39. The smallest absolute Gasteiger partial charge is 0.361 e. The van der Waals surface area contributed by atoms with Crippen LogP contribution in [0.1, 0.15) is 335 Å². The van der Waals surface area contributed by atoms with Gasteiger partial charge in [-0.05, 0) is 89.9 Å². The first-order chi connectivity index (χ1) is 42.6. The van der Waals surface area contributed by atoms with Crippen molar-refractivity contribution in [3.8, 4) is 0 Å². The Morgan fingerprint density at radius 3 is 0.977 bits per heavy atom. The van der Waals surface area contributed by atoms with Crippen molar-refractivity contribution < 1.29 is 42.9 Å². The van der Waals surface area contributed by atoms with Crippen LogP contribution in [0, 0.1) is 0 Å². The van der Waals surface area contributed by atoms with Crippen LogP contribution in [0.5, 0.6) is 0 Å². The van der Waals surface area contributed by atoms with E-state index in [1.54, 1.807) is 0 Å². The maximum Gasteiger partial charge on any atom is 0.361 e. The van der Waals surface area contributed by atoms with Crippen LogP contribution in [0.15, 0.2) is 85.1 Å². The van der Waals surface area contributed by atoms with Crippen LogP contribution in [0.4, 0.5) is 0 Å². The Hall–Kier alpha value is -3.53. The molecule has 9 nitrogen and oxygen atoms in total. The molecule has 2 atom stereocenters. The second kappa shape index (κ2) is 68.4. The van der Waals surface area contributed by atoms with Crippen molar-refractivity contribution in [2.24, 2.45) is 0 Å². The summed E-state index contributed by atoms with van der Waals surface area (Å²) in [4.78, 5) is 37.7. The Morgan fingerprint density at radius 1 is 0.356 bits per heavy atom. The molecule has 0 aliphatic heterocycles. The summed E-state index contributed by atoms with van der Waals surface area (Å²) in [5, 5.41) is 9.76. The number of nitrogens with zero attached hydrogens (tertiary/aromatic N) is 1. The summed E-state index contributed by atoms with van der Waals surface area (Å²) in [6.07, 6.45) is 89.9. The van der Waals surface area contributed by atoms with Crippen molar-refractivity contribution in [3.05, 3.63) is 85.1 Å². The number of quaternary nitrogens is 1. The molecule has 0 aliphatic rings. The van der Waals surface area contributed by atoms with Gasteiger partial charge in [0.1, 0.15) is 13.2 Å². The number of aliphatic carboxylic acids is 1. The summed E-state index contributed by atoms with van der Waals surface area (Å²) in [6.45, 7) is 4.80. The van der Waals surface area contributed by atoms with Gasteiger partial charge in [-0.3, -0.25) is 9.59 Å². The number of hydrogen-bond donors (Lipinski definition) is 1. The van der Waals surface area contributed by atoms with Gasteiger partial charge in [-0.25, -0.2) is 4.79 Å². The molecule has 2 unspecified atom stereocenters. The fourth-order valence-corrected chi connectivity index (χ4v) is 10.5. The maximum atomic E-state index is 13.0. The molecule has 0 aromatic carbocycles. The van der Waals surface area contributed by atoms with E-state index in [0.29, 0.717) is 17.4 Å². The van der Waals surface area contributed by atoms with Crippen molar-refractivity contribution in [2.75, 3.05) is 47.5 Å². The molecule has 0 fully saturated rings. The van der Waals surface area contributed by atoms with Crippen molar-refractivity contribution in [1.29, 1.82) is 0 Å². The van der Waals surface area contributed by atoms with E-state index in [1.165, 1.54) is 231 Å². The largest absolute Gasteiger partial charge is 0.477 e. The number of hydrogen-bond acceptors (Lipinski definition) is 7. The Balaban J connectivity index is 4.06. The number of rotatable bonds is 68. The number of carboxylic acid groups (broad SMARTS) is 1. The topological polar surface area (TPSA) is 108 Å². The minimum Gasteiger partial charge on any atom is -0.477 e. The van der Waals surface area contributed by atoms with Gasteiger partial charge in [0, 0.05) is 12.8 Å². The van der Waals surface area contributed by atoms with E-state index in [4.69, 9.17) is 18.9 Å². The van der Waals surface area contributed by atoms with E-state index in [0.717, 1.165) is 77.0 Å². The minimum atomic E-state index is -1.51. The Kier molecular flexibility index (Phi) is 65.6. The average molecular weight is 1220 g/mol. The average Bonchev–Trinajstić information content (AvgIpc) is 3.59. The van der Waals surface area contributed by atoms with Gasteiger partial charge in [0.2, 0.25) is 0 Å². The molecule has 0 aromatic rings. The number of allylic oxidation sites excluding steroid dienone is 14. The van der Waals surface area contributed by atoms with Crippen molar-refractivity contribution in [2.45, 2.75) is 347 Å². The number of carbonyl (C=O) groups is 3. The van der Waals surface area contributed by atoms with E-state index in [1.807, 2.05) is 21.1 Å². The lowest BCUT2D eigenvalue weighted by molar-refractivity contribution is -0.870. The van der Waals surface area contributed by atoms with Crippen LogP contribution >= 0.6 is 0 Å². The van der Waals surface area contributed by atoms with Gasteiger partial charge in [-0.15, -0.1) is 0 Å². The number of ether oxygens (including phenoxy) is 4. The van der Waals surface area contributed by atoms with Crippen LogP contribution in [0.25, 0.3) is 0 Å². The quantitative estimate of drug-likeness (QED) is 0.0211. The second-order valence-corrected chi connectivity index (χ2v) is 25.9. The highest BCUT2D eigenvalue weighted by atomic mass is 16.7. The molecule has 0 heterocycles. The highest BCUT2D eigenvalue weighted by molar-refractivity contribution is 5.71. The zero-order valence-corrected chi connectivity index (χ0v) is 57.7. The van der Waals surface area contributed by atoms with Gasteiger partial charge in [0.15, 0.2) is 6.10 Å². The predicted octanol–water partition coefficient (Wildman–Crippen LogP) is 23.0. The van der Waals surface area contributed by atoms with Gasteiger partial charge < -0.3 is 28.5 Å². The molecule has 0 saturated heterocycles. The molecule has 0 aliphatic carbocycles. The summed E-state index contributed by atoms with van der Waals surface area (Å²) in [5.41, 5.74) is 0. The highest BCUT2D eigenvalue weighted by Gasteiger charge is 2.25. The van der Waals surface area contributed by atoms with E-state index in [-0.39, 0.29) is 38.2 Å². The molecular formula is C78H140NO8+. The van der Waals surface area contributed by atoms with Crippen molar-refractivity contribution >= 4 is 17.9 Å². The lowest BCUT2D eigenvalue weighted by Crippen LogP contribution is -2.40. The molecule has 1 N–H and O–H groups in total. The maximum absolute atomic E-state index is 13.0. The normalized spacial score (nSPS) is 13.2. The van der Waals surface area contributed by atoms with E-state index >= 15 is 0 Å². The third kappa shape index (κ3) is 69.8. The number of esters is 2. The zero-order chi connectivity index (χ0) is 63.3. The summed E-state index contributed by atoms with van der Waals surface area (Å²) in [7, 11) is 5.99. The van der Waals surface area contributed by atoms with Crippen LogP contribution in [0.3, 0.4) is 0 Å². The summed E-state index contributed by atoms with van der Waals surface area (Å²) in [5.74, 6) is -1.99. The van der Waals surface area contributed by atoms with Crippen LogP contribution < -0.4 is 0 Å². The van der Waals surface area contributed by atoms with Crippen LogP contribution in [0.2, 0.25) is 0 Å². The first kappa shape index (κ1) is 83.5. The Bertz CT molecular complexity index is 1700. The first-order valence-electron chi connectivity index (χ1n) is 36.8. The summed E-state index contributed by atoms with van der Waals surface area (Å²) >= 11 is 0. The molecule has 0 saturated carbocycles. The molecule has 9 heteroatoms. The fourth-order valence-electron chi connectivity index (χ4n) is 10.5. The first-order valence-corrected chi connectivity index (χ1v) is 36.8. The lowest BCUT2D eigenvalue weighted by Gasteiger charge is -2.25. The zero-order valence-electron chi connectivity index (χ0n) is 57.7. The lowest BCUT2D eigenvalue weighted by atomic mass is 10.0.